The third kappa shape index (κ3) is 9.70. The number of carbonyl (C=O) groups is 1. The minimum Gasteiger partial charge on any atom is -0.481 e. The van der Waals surface area contributed by atoms with E-state index in [4.69, 9.17) is 5.73 Å². The largest absolute Gasteiger partial charge is 0.481 e. The molecule has 35 heavy (non-hydrogen) atoms. The summed E-state index contributed by atoms with van der Waals surface area (Å²) in [7, 11) is 0. The Morgan fingerprint density at radius 3 is 2.43 bits per heavy atom. The number of carboxylic acids is 1. The van der Waals surface area contributed by atoms with Crippen LogP contribution in [0.3, 0.4) is 0 Å². The molecule has 1 aliphatic rings. The topological polar surface area (TPSA) is 104 Å². The van der Waals surface area contributed by atoms with Crippen LogP contribution in [0.4, 0.5) is 0 Å². The molecule has 2 rings (SSSR count). The molecule has 5 heteroatoms. The first-order chi connectivity index (χ1) is 16.9. The van der Waals surface area contributed by atoms with E-state index < -0.39 is 18.0 Å². The van der Waals surface area contributed by atoms with Gasteiger partial charge in [-0.15, -0.1) is 0 Å². The van der Waals surface area contributed by atoms with Crippen LogP contribution in [-0.4, -0.2) is 40.0 Å². The van der Waals surface area contributed by atoms with Crippen molar-refractivity contribution in [3.05, 3.63) is 48.0 Å². The van der Waals surface area contributed by atoms with Gasteiger partial charge in [-0.05, 0) is 94.1 Å². The lowest BCUT2D eigenvalue weighted by Gasteiger charge is -2.47. The number of hydrogen-bond acceptors (Lipinski definition) is 4. The van der Waals surface area contributed by atoms with Gasteiger partial charge in [-0.3, -0.25) is 4.79 Å². The summed E-state index contributed by atoms with van der Waals surface area (Å²) < 4.78 is 0. The van der Waals surface area contributed by atoms with Gasteiger partial charge in [0, 0.05) is 0 Å². The molecule has 0 bridgehead atoms. The molecule has 1 aliphatic carbocycles. The van der Waals surface area contributed by atoms with Gasteiger partial charge in [0.2, 0.25) is 0 Å². The summed E-state index contributed by atoms with van der Waals surface area (Å²) in [5, 5.41) is 30.7. The minimum atomic E-state index is -0.897. The average molecular weight is 488 g/mol. The molecular formula is C30H49NO4. The summed E-state index contributed by atoms with van der Waals surface area (Å²) in [6.45, 7) is 4.32. The Morgan fingerprint density at radius 2 is 1.80 bits per heavy atom. The normalized spacial score (nSPS) is 25.4. The monoisotopic (exact) mass is 487 g/mol. The van der Waals surface area contributed by atoms with Gasteiger partial charge < -0.3 is 21.1 Å². The van der Waals surface area contributed by atoms with E-state index in [0.717, 1.165) is 70.6 Å². The Bertz CT molecular complexity index is 735. The lowest BCUT2D eigenvalue weighted by atomic mass is 9.58. The SMILES string of the molecule is CCCCC[C@@H](O)/C=C\CCC[C@H]1CC[C@H](Cc2ccccc2)[C@H]([C@H](C(=O)O)[C@H](C)O)[C@H]1CCN. The first kappa shape index (κ1) is 29.5. The average Bonchev–Trinajstić information content (AvgIpc) is 2.82. The highest BCUT2D eigenvalue weighted by molar-refractivity contribution is 5.71. The molecule has 1 fully saturated rings. The number of allylic oxidation sites excluding steroid dienone is 1. The minimum absolute atomic E-state index is 0.0917. The van der Waals surface area contributed by atoms with E-state index in [9.17, 15) is 20.1 Å². The molecule has 0 spiro atoms. The van der Waals surface area contributed by atoms with Crippen molar-refractivity contribution in [2.24, 2.45) is 35.3 Å². The van der Waals surface area contributed by atoms with E-state index in [1.807, 2.05) is 24.3 Å². The number of rotatable bonds is 16. The first-order valence-electron chi connectivity index (χ1n) is 13.9. The zero-order valence-corrected chi connectivity index (χ0v) is 21.9. The molecule has 0 unspecified atom stereocenters. The number of carboxylic acid groups (broad SMARTS) is 1. The maximum atomic E-state index is 12.3. The van der Waals surface area contributed by atoms with Gasteiger partial charge in [-0.2, -0.15) is 0 Å². The second-order valence-electron chi connectivity index (χ2n) is 10.6. The maximum Gasteiger partial charge on any atom is 0.309 e. The van der Waals surface area contributed by atoms with Crippen LogP contribution in [0, 0.1) is 29.6 Å². The fourth-order valence-electron chi connectivity index (χ4n) is 6.34. The fraction of sp³-hybridized carbons (Fsp3) is 0.700. The second kappa shape index (κ2) is 16.1. The predicted octanol–water partition coefficient (Wildman–Crippen LogP) is 5.59. The van der Waals surface area contributed by atoms with Crippen molar-refractivity contribution in [2.75, 3.05) is 6.54 Å². The molecule has 0 radical (unpaired) electrons. The van der Waals surface area contributed by atoms with Crippen molar-refractivity contribution in [1.82, 2.24) is 0 Å². The Hall–Kier alpha value is -1.69. The van der Waals surface area contributed by atoms with Crippen LogP contribution in [0.5, 0.6) is 0 Å². The highest BCUT2D eigenvalue weighted by Gasteiger charge is 2.46. The van der Waals surface area contributed by atoms with Gasteiger partial charge in [-0.1, -0.05) is 68.7 Å². The molecule has 7 atom stereocenters. The lowest BCUT2D eigenvalue weighted by Crippen LogP contribution is -2.47. The van der Waals surface area contributed by atoms with Crippen LogP contribution in [0.25, 0.3) is 0 Å². The van der Waals surface area contributed by atoms with Crippen molar-refractivity contribution in [3.63, 3.8) is 0 Å². The number of aliphatic hydroxyl groups is 2. The van der Waals surface area contributed by atoms with Crippen LogP contribution >= 0.6 is 0 Å². The third-order valence-corrected chi connectivity index (χ3v) is 8.02. The molecule has 1 saturated carbocycles. The highest BCUT2D eigenvalue weighted by atomic mass is 16.4. The zero-order valence-electron chi connectivity index (χ0n) is 21.9. The molecule has 5 N–H and O–H groups in total. The summed E-state index contributed by atoms with van der Waals surface area (Å²) in [6, 6.07) is 10.3. The molecule has 0 aromatic heterocycles. The van der Waals surface area contributed by atoms with Crippen molar-refractivity contribution in [2.45, 2.75) is 96.7 Å². The fourth-order valence-corrected chi connectivity index (χ4v) is 6.34. The molecule has 0 saturated heterocycles. The molecule has 0 amide bonds. The van der Waals surface area contributed by atoms with E-state index in [2.05, 4.69) is 25.1 Å². The summed E-state index contributed by atoms with van der Waals surface area (Å²) in [5.41, 5.74) is 7.27. The summed E-state index contributed by atoms with van der Waals surface area (Å²) in [4.78, 5) is 12.3. The van der Waals surface area contributed by atoms with Gasteiger partial charge >= 0.3 is 5.97 Å². The number of benzene rings is 1. The van der Waals surface area contributed by atoms with Crippen molar-refractivity contribution >= 4 is 5.97 Å². The van der Waals surface area contributed by atoms with E-state index in [1.165, 1.54) is 5.56 Å². The predicted molar refractivity (Wildman–Crippen MR) is 143 cm³/mol. The van der Waals surface area contributed by atoms with E-state index in [-0.39, 0.29) is 23.9 Å². The second-order valence-corrected chi connectivity index (χ2v) is 10.6. The molecule has 0 heterocycles. The third-order valence-electron chi connectivity index (χ3n) is 8.02. The quantitative estimate of drug-likeness (QED) is 0.180. The van der Waals surface area contributed by atoms with Crippen molar-refractivity contribution in [1.29, 1.82) is 0 Å². The molecule has 1 aromatic carbocycles. The van der Waals surface area contributed by atoms with Crippen LogP contribution < -0.4 is 5.73 Å². The number of aliphatic hydroxyl groups excluding tert-OH is 2. The van der Waals surface area contributed by atoms with Crippen LogP contribution in [-0.2, 0) is 11.2 Å². The summed E-state index contributed by atoms with van der Waals surface area (Å²) >= 11 is 0. The van der Waals surface area contributed by atoms with Gasteiger partial charge in [0.05, 0.1) is 18.1 Å². The van der Waals surface area contributed by atoms with Gasteiger partial charge in [0.1, 0.15) is 0 Å². The Labute approximate surface area is 212 Å². The van der Waals surface area contributed by atoms with Gasteiger partial charge in [-0.25, -0.2) is 0 Å². The number of unbranched alkanes of at least 4 members (excludes halogenated alkanes) is 3. The van der Waals surface area contributed by atoms with Crippen LogP contribution in [0.2, 0.25) is 0 Å². The number of nitrogens with two attached hydrogens (primary N) is 1. The molecule has 1 aromatic rings. The molecule has 5 nitrogen and oxygen atoms in total. The molecular weight excluding hydrogens is 438 g/mol. The Balaban J connectivity index is 2.09. The smallest absolute Gasteiger partial charge is 0.309 e. The Morgan fingerprint density at radius 1 is 1.09 bits per heavy atom. The van der Waals surface area contributed by atoms with Gasteiger partial charge in [0.25, 0.3) is 0 Å². The van der Waals surface area contributed by atoms with E-state index >= 15 is 0 Å². The summed E-state index contributed by atoms with van der Waals surface area (Å²) in [6.07, 6.45) is 13.7. The standard InChI is InChI=1S/C30H49NO4/c1-3-4-7-15-26(33)16-11-6-10-14-24-17-18-25(21-23-12-8-5-9-13-23)29(27(24)19-20-31)28(22(2)32)30(34)35/h5,8-9,11-13,16,22,24-29,32-33H,3-4,6-7,10,14-15,17-21,31H2,1-2H3,(H,34,35)/b16-11-/t22-,24-,25+,26+,27-,28+,29-/m0/s1. The number of aliphatic carboxylic acids is 1. The van der Waals surface area contributed by atoms with Gasteiger partial charge in [0.15, 0.2) is 0 Å². The highest BCUT2D eigenvalue weighted by Crippen LogP contribution is 2.48. The lowest BCUT2D eigenvalue weighted by molar-refractivity contribution is -0.153. The van der Waals surface area contributed by atoms with E-state index in [0.29, 0.717) is 12.5 Å². The first-order valence-corrected chi connectivity index (χ1v) is 13.9. The van der Waals surface area contributed by atoms with Crippen LogP contribution in [0.1, 0.15) is 83.6 Å². The van der Waals surface area contributed by atoms with Crippen LogP contribution in [0.15, 0.2) is 42.5 Å². The maximum absolute atomic E-state index is 12.3. The Kier molecular flexibility index (Phi) is 13.6. The molecule has 0 aliphatic heterocycles. The number of hydrogen-bond donors (Lipinski definition) is 4. The zero-order chi connectivity index (χ0) is 25.6. The van der Waals surface area contributed by atoms with Crippen molar-refractivity contribution in [3.8, 4) is 0 Å². The summed E-state index contributed by atoms with van der Waals surface area (Å²) in [5.74, 6) is -0.933. The van der Waals surface area contributed by atoms with E-state index in [1.54, 1.807) is 6.92 Å². The van der Waals surface area contributed by atoms with Crippen molar-refractivity contribution < 1.29 is 20.1 Å². The molecule has 198 valence electrons.